The van der Waals surface area contributed by atoms with Crippen LogP contribution in [-0.2, 0) is 0 Å². The van der Waals surface area contributed by atoms with Gasteiger partial charge in [-0.15, -0.1) is 11.3 Å². The summed E-state index contributed by atoms with van der Waals surface area (Å²) in [6, 6.07) is 5.14. The molecule has 1 aromatic carbocycles. The van der Waals surface area contributed by atoms with Gasteiger partial charge in [-0.05, 0) is 44.3 Å². The fourth-order valence-corrected chi connectivity index (χ4v) is 3.13. The number of nitrogens with one attached hydrogen (secondary N) is 2. The number of dihydropyridines is 1. The fourth-order valence-electron chi connectivity index (χ4n) is 2.37. The molecular formula is C18H20N4O2S. The molecule has 7 heteroatoms. The maximum Gasteiger partial charge on any atom is 0.248 e. The van der Waals surface area contributed by atoms with Gasteiger partial charge in [-0.2, -0.15) is 0 Å². The molecule has 2 aromatic rings. The molecule has 1 amide bonds. The van der Waals surface area contributed by atoms with E-state index < -0.39 is 5.91 Å². The van der Waals surface area contributed by atoms with E-state index in [0.717, 1.165) is 10.8 Å². The fraction of sp³-hybridized carbons (Fsp3) is 0.222. The number of anilines is 2. The first-order valence-corrected chi connectivity index (χ1v) is 8.83. The molecule has 0 aliphatic carbocycles. The zero-order valence-corrected chi connectivity index (χ0v) is 14.8. The Balaban J connectivity index is 1.84. The van der Waals surface area contributed by atoms with Gasteiger partial charge >= 0.3 is 0 Å². The van der Waals surface area contributed by atoms with Crippen molar-refractivity contribution in [3.8, 4) is 5.75 Å². The number of carbonyl (C=O) groups excluding carboxylic acids is 1. The number of aromatic nitrogens is 1. The number of thiazole rings is 1. The second-order valence-corrected chi connectivity index (χ2v) is 6.69. The Morgan fingerprint density at radius 2 is 2.24 bits per heavy atom. The Hall–Kier alpha value is -2.80. The van der Waals surface area contributed by atoms with E-state index in [1.54, 1.807) is 18.2 Å². The number of benzene rings is 1. The van der Waals surface area contributed by atoms with E-state index in [-0.39, 0.29) is 12.1 Å². The normalized spacial score (nSPS) is 15.9. The minimum absolute atomic E-state index is 0.00944. The maximum absolute atomic E-state index is 11.5. The highest BCUT2D eigenvalue weighted by Crippen LogP contribution is 2.32. The highest BCUT2D eigenvalue weighted by Gasteiger charge is 2.15. The molecule has 1 atom stereocenters. The molecule has 1 aromatic heterocycles. The Labute approximate surface area is 150 Å². The van der Waals surface area contributed by atoms with E-state index in [4.69, 9.17) is 10.5 Å². The number of primary amides is 1. The third kappa shape index (κ3) is 4.19. The molecule has 0 fully saturated rings. The molecule has 0 saturated carbocycles. The van der Waals surface area contributed by atoms with Crippen LogP contribution >= 0.6 is 11.3 Å². The summed E-state index contributed by atoms with van der Waals surface area (Å²) in [5.41, 5.74) is 7.39. The van der Waals surface area contributed by atoms with Crippen molar-refractivity contribution < 1.29 is 9.53 Å². The summed E-state index contributed by atoms with van der Waals surface area (Å²) < 4.78 is 5.80. The van der Waals surface area contributed by atoms with Crippen LogP contribution in [-0.4, -0.2) is 17.0 Å². The minimum Gasteiger partial charge on any atom is -0.489 e. The third-order valence-corrected chi connectivity index (χ3v) is 4.27. The summed E-state index contributed by atoms with van der Waals surface area (Å²) in [6.45, 7) is 3.89. The van der Waals surface area contributed by atoms with E-state index in [2.05, 4.69) is 15.6 Å². The molecule has 1 aliphatic rings. The summed E-state index contributed by atoms with van der Waals surface area (Å²) in [7, 11) is 0. The van der Waals surface area contributed by atoms with E-state index >= 15 is 0 Å². The Bertz CT molecular complexity index is 826. The zero-order chi connectivity index (χ0) is 17.8. The van der Waals surface area contributed by atoms with E-state index in [1.807, 2.05) is 43.7 Å². The molecule has 1 aliphatic heterocycles. The highest BCUT2D eigenvalue weighted by molar-refractivity contribution is 7.13. The minimum atomic E-state index is -0.484. The van der Waals surface area contributed by atoms with Gasteiger partial charge in [-0.1, -0.05) is 12.2 Å². The largest absolute Gasteiger partial charge is 0.489 e. The number of carbonyl (C=O) groups is 1. The molecule has 4 N–H and O–H groups in total. The first-order chi connectivity index (χ1) is 12.0. The van der Waals surface area contributed by atoms with Crippen molar-refractivity contribution in [2.75, 3.05) is 5.32 Å². The van der Waals surface area contributed by atoms with Crippen LogP contribution in [0.1, 0.15) is 35.9 Å². The molecule has 6 nitrogen and oxygen atoms in total. The lowest BCUT2D eigenvalue weighted by Crippen LogP contribution is -2.15. The van der Waals surface area contributed by atoms with Crippen molar-refractivity contribution in [2.45, 2.75) is 26.0 Å². The highest BCUT2D eigenvalue weighted by atomic mass is 32.1. The Morgan fingerprint density at radius 1 is 1.40 bits per heavy atom. The quantitative estimate of drug-likeness (QED) is 0.737. The van der Waals surface area contributed by atoms with Crippen molar-refractivity contribution in [3.63, 3.8) is 0 Å². The van der Waals surface area contributed by atoms with Gasteiger partial charge in [0, 0.05) is 10.9 Å². The number of hydrogen-bond acceptors (Lipinski definition) is 6. The van der Waals surface area contributed by atoms with Crippen LogP contribution in [0.4, 0.5) is 10.8 Å². The van der Waals surface area contributed by atoms with Crippen LogP contribution in [0.2, 0.25) is 0 Å². The summed E-state index contributed by atoms with van der Waals surface area (Å²) >= 11 is 1.49. The lowest BCUT2D eigenvalue weighted by molar-refractivity contribution is 0.100. The first kappa shape index (κ1) is 17.0. The van der Waals surface area contributed by atoms with Crippen molar-refractivity contribution >= 4 is 28.1 Å². The van der Waals surface area contributed by atoms with Gasteiger partial charge in [-0.3, -0.25) is 4.79 Å². The van der Waals surface area contributed by atoms with Crippen molar-refractivity contribution in [2.24, 2.45) is 5.73 Å². The molecule has 1 unspecified atom stereocenters. The smallest absolute Gasteiger partial charge is 0.248 e. The van der Waals surface area contributed by atoms with Gasteiger partial charge in [0.25, 0.3) is 0 Å². The molecule has 130 valence electrons. The summed E-state index contributed by atoms with van der Waals surface area (Å²) in [5.74, 6) is 0.165. The number of allylic oxidation sites excluding steroid dienone is 2. The molecule has 0 saturated heterocycles. The first-order valence-electron chi connectivity index (χ1n) is 7.95. The molecular weight excluding hydrogens is 336 g/mol. The van der Waals surface area contributed by atoms with Gasteiger partial charge in [0.05, 0.1) is 23.5 Å². The van der Waals surface area contributed by atoms with Gasteiger partial charge in [0.2, 0.25) is 5.91 Å². The van der Waals surface area contributed by atoms with Gasteiger partial charge in [0.1, 0.15) is 5.75 Å². The van der Waals surface area contributed by atoms with Crippen molar-refractivity contribution in [1.29, 1.82) is 0 Å². The Kier molecular flexibility index (Phi) is 5.04. The van der Waals surface area contributed by atoms with Crippen LogP contribution in [0.15, 0.2) is 48.0 Å². The third-order valence-electron chi connectivity index (χ3n) is 3.50. The van der Waals surface area contributed by atoms with Gasteiger partial charge in [-0.25, -0.2) is 4.98 Å². The van der Waals surface area contributed by atoms with E-state index in [1.165, 1.54) is 11.3 Å². The number of rotatable bonds is 6. The number of nitrogens with two attached hydrogens (primary N) is 1. The number of hydrogen-bond donors (Lipinski definition) is 3. The molecule has 25 heavy (non-hydrogen) atoms. The predicted molar refractivity (Wildman–Crippen MR) is 100 cm³/mol. The zero-order valence-electron chi connectivity index (χ0n) is 14.0. The summed E-state index contributed by atoms with van der Waals surface area (Å²) in [6.07, 6.45) is 7.86. The van der Waals surface area contributed by atoms with Gasteiger partial charge < -0.3 is 21.1 Å². The van der Waals surface area contributed by atoms with Crippen LogP contribution < -0.4 is 21.1 Å². The molecule has 3 rings (SSSR count). The summed E-state index contributed by atoms with van der Waals surface area (Å²) in [4.78, 5) is 16.1. The Morgan fingerprint density at radius 3 is 2.92 bits per heavy atom. The maximum atomic E-state index is 11.5. The average molecular weight is 356 g/mol. The predicted octanol–water partition coefficient (Wildman–Crippen LogP) is 3.49. The number of ether oxygens (including phenoxy) is 1. The topological polar surface area (TPSA) is 89.3 Å². The van der Waals surface area contributed by atoms with Crippen molar-refractivity contribution in [1.82, 2.24) is 10.3 Å². The molecule has 0 bridgehead atoms. The average Bonchev–Trinajstić information content (AvgIpc) is 3.05. The van der Waals surface area contributed by atoms with Crippen molar-refractivity contribution in [3.05, 3.63) is 59.3 Å². The second kappa shape index (κ2) is 7.40. The molecule has 0 spiro atoms. The SMILES string of the molecule is CC(C)Oc1ccc(C(N)=O)cc1Nc1nc(C2C=CC=CN2)cs1. The number of nitrogens with zero attached hydrogens (tertiary/aromatic N) is 1. The standard InChI is InChI=1S/C18H20N4O2S/c1-11(2)24-16-7-6-12(17(19)23)9-14(16)21-18-22-15(10-25-18)13-5-3-4-8-20-13/h3-11,13,20H,1-2H3,(H2,19,23)(H,21,22). The lowest BCUT2D eigenvalue weighted by atomic mass is 10.1. The van der Waals surface area contributed by atoms with Crippen LogP contribution in [0, 0.1) is 0 Å². The molecule has 2 heterocycles. The number of amides is 1. The van der Waals surface area contributed by atoms with Gasteiger partial charge in [0.15, 0.2) is 5.13 Å². The summed E-state index contributed by atoms with van der Waals surface area (Å²) in [5, 5.41) is 9.18. The van der Waals surface area contributed by atoms with Crippen LogP contribution in [0.25, 0.3) is 0 Å². The van der Waals surface area contributed by atoms with Crippen LogP contribution in [0.5, 0.6) is 5.75 Å². The lowest BCUT2D eigenvalue weighted by Gasteiger charge is -2.15. The molecule has 0 radical (unpaired) electrons. The second-order valence-electron chi connectivity index (χ2n) is 5.83. The van der Waals surface area contributed by atoms with E-state index in [9.17, 15) is 4.79 Å². The van der Waals surface area contributed by atoms with Crippen LogP contribution in [0.3, 0.4) is 0 Å². The van der Waals surface area contributed by atoms with E-state index in [0.29, 0.717) is 17.0 Å². The monoisotopic (exact) mass is 356 g/mol.